The molecule has 0 saturated carbocycles. The van der Waals surface area contributed by atoms with Gasteiger partial charge in [0.1, 0.15) is 18.2 Å². The van der Waals surface area contributed by atoms with Gasteiger partial charge in [-0.25, -0.2) is 4.39 Å². The Morgan fingerprint density at radius 2 is 2.12 bits per heavy atom. The number of aliphatic hydroxyl groups is 1. The van der Waals surface area contributed by atoms with Crippen molar-refractivity contribution >= 4 is 23.2 Å². The minimum Gasteiger partial charge on any atom is -0.496 e. The molecule has 5 rings (SSSR count). The third-order valence-corrected chi connectivity index (χ3v) is 6.67. The Morgan fingerprint density at radius 1 is 1.28 bits per heavy atom. The average molecular weight is 452 g/mol. The minimum atomic E-state index is -1.14. The average Bonchev–Trinajstić information content (AvgIpc) is 3.49. The van der Waals surface area contributed by atoms with Crippen LogP contribution in [0.15, 0.2) is 64.9 Å². The Kier molecular flexibility index (Phi) is 5.40. The fraction of sp³-hybridized carbons (Fsp3) is 0.250. The number of benzene rings is 2. The molecular formula is C24H22FN3O3S. The first kappa shape index (κ1) is 20.7. The number of fused-ring (bicyclic) bond motifs is 1. The summed E-state index contributed by atoms with van der Waals surface area (Å²) in [6.07, 6.45) is 5.62. The van der Waals surface area contributed by atoms with Crippen LogP contribution >= 0.6 is 11.3 Å². The lowest BCUT2D eigenvalue weighted by molar-refractivity contribution is -0.137. The number of methoxy groups -OCH3 is 1. The van der Waals surface area contributed by atoms with Gasteiger partial charge < -0.3 is 19.6 Å². The van der Waals surface area contributed by atoms with Gasteiger partial charge in [0.25, 0.3) is 5.72 Å². The smallest absolute Gasteiger partial charge is 0.260 e. The lowest BCUT2D eigenvalue weighted by atomic mass is 9.94. The van der Waals surface area contributed by atoms with E-state index in [0.717, 1.165) is 40.2 Å². The number of hydrogen-bond acceptors (Lipinski definition) is 7. The molecule has 2 aromatic carbocycles. The maximum atomic E-state index is 13.5. The Morgan fingerprint density at radius 3 is 2.84 bits per heavy atom. The van der Waals surface area contributed by atoms with Gasteiger partial charge in [0, 0.05) is 23.9 Å². The molecule has 32 heavy (non-hydrogen) atoms. The topological polar surface area (TPSA) is 67.2 Å². The number of oxime groups is 1. The molecule has 1 fully saturated rings. The molecule has 1 unspecified atom stereocenters. The molecule has 1 saturated heterocycles. The molecule has 0 radical (unpaired) electrons. The van der Waals surface area contributed by atoms with Gasteiger partial charge in [0.05, 0.1) is 17.5 Å². The van der Waals surface area contributed by atoms with Gasteiger partial charge in [-0.1, -0.05) is 11.2 Å². The van der Waals surface area contributed by atoms with Crippen molar-refractivity contribution in [3.63, 3.8) is 0 Å². The highest BCUT2D eigenvalue weighted by molar-refractivity contribution is 7.13. The molecule has 0 bridgehead atoms. The molecular weight excluding hydrogens is 429 g/mol. The fourth-order valence-electron chi connectivity index (χ4n) is 4.26. The highest BCUT2D eigenvalue weighted by Gasteiger charge is 2.49. The second-order valence-electron chi connectivity index (χ2n) is 7.71. The second-order valence-corrected chi connectivity index (χ2v) is 8.59. The molecule has 6 nitrogen and oxygen atoms in total. The van der Waals surface area contributed by atoms with Gasteiger partial charge in [0.15, 0.2) is 5.84 Å². The highest BCUT2D eigenvalue weighted by Crippen LogP contribution is 2.40. The summed E-state index contributed by atoms with van der Waals surface area (Å²) in [6, 6.07) is 12.1. The zero-order chi connectivity index (χ0) is 22.1. The van der Waals surface area contributed by atoms with Gasteiger partial charge in [-0.15, -0.1) is 11.3 Å². The van der Waals surface area contributed by atoms with Crippen LogP contribution in [0.1, 0.15) is 24.0 Å². The minimum absolute atomic E-state index is 0.295. The summed E-state index contributed by atoms with van der Waals surface area (Å²) in [7, 11) is 1.66. The number of amidine groups is 1. The van der Waals surface area contributed by atoms with Crippen LogP contribution < -0.4 is 4.74 Å². The van der Waals surface area contributed by atoms with E-state index in [1.807, 2.05) is 29.3 Å². The molecule has 1 atom stereocenters. The van der Waals surface area contributed by atoms with Crippen LogP contribution in [0.5, 0.6) is 5.75 Å². The Balaban J connectivity index is 1.47. The number of halogens is 1. The SMILES string of the molecule is COc1cc(/C=C2\CCCN3C2=NOC3(CO)c2ccc(F)cc2)ccc1-c1cncs1. The molecule has 0 aliphatic carbocycles. The van der Waals surface area contributed by atoms with E-state index in [2.05, 4.69) is 16.2 Å². The fourth-order valence-corrected chi connectivity index (χ4v) is 4.91. The number of nitrogens with zero attached hydrogens (tertiary/aromatic N) is 3. The second kappa shape index (κ2) is 8.37. The first-order valence-electron chi connectivity index (χ1n) is 10.3. The maximum Gasteiger partial charge on any atom is 0.260 e. The molecule has 3 aromatic rings. The van der Waals surface area contributed by atoms with E-state index in [-0.39, 0.29) is 12.4 Å². The van der Waals surface area contributed by atoms with E-state index in [1.165, 1.54) is 12.1 Å². The Bertz CT molecular complexity index is 1180. The normalized spacial score (nSPS) is 21.3. The number of hydrogen-bond donors (Lipinski definition) is 1. The molecule has 164 valence electrons. The van der Waals surface area contributed by atoms with Crippen molar-refractivity contribution in [2.24, 2.45) is 5.16 Å². The van der Waals surface area contributed by atoms with Gasteiger partial charge in [0.2, 0.25) is 0 Å². The summed E-state index contributed by atoms with van der Waals surface area (Å²) in [5.41, 5.74) is 4.32. The Hall–Kier alpha value is -3.23. The summed E-state index contributed by atoms with van der Waals surface area (Å²) < 4.78 is 19.1. The van der Waals surface area contributed by atoms with Crippen molar-refractivity contribution in [3.8, 4) is 16.2 Å². The quantitative estimate of drug-likeness (QED) is 0.613. The lowest BCUT2D eigenvalue weighted by Gasteiger charge is -2.38. The van der Waals surface area contributed by atoms with Crippen LogP contribution in [0, 0.1) is 5.82 Å². The van der Waals surface area contributed by atoms with Crippen LogP contribution in [0.3, 0.4) is 0 Å². The molecule has 1 N–H and O–H groups in total. The van der Waals surface area contributed by atoms with Gasteiger partial charge in [-0.2, -0.15) is 0 Å². The number of rotatable bonds is 5. The van der Waals surface area contributed by atoms with Crippen LogP contribution in [0.25, 0.3) is 16.5 Å². The summed E-state index contributed by atoms with van der Waals surface area (Å²) in [5.74, 6) is 1.13. The monoisotopic (exact) mass is 451 g/mol. The van der Waals surface area contributed by atoms with Crippen LogP contribution in [-0.2, 0) is 10.6 Å². The zero-order valence-electron chi connectivity index (χ0n) is 17.5. The van der Waals surface area contributed by atoms with E-state index in [0.29, 0.717) is 17.9 Å². The van der Waals surface area contributed by atoms with Crippen molar-refractivity contribution in [2.75, 3.05) is 20.3 Å². The van der Waals surface area contributed by atoms with E-state index in [4.69, 9.17) is 9.57 Å². The number of aromatic nitrogens is 1. The van der Waals surface area contributed by atoms with Gasteiger partial charge in [-0.3, -0.25) is 4.98 Å². The summed E-state index contributed by atoms with van der Waals surface area (Å²) >= 11 is 1.56. The predicted octanol–water partition coefficient (Wildman–Crippen LogP) is 4.63. The number of piperidine rings is 1. The standard InChI is InChI=1S/C24H22FN3O3S/c1-30-21-12-16(4-9-20(21)22-13-26-15-32-22)11-17-3-2-10-28-23(17)27-31-24(28,14-29)18-5-7-19(25)8-6-18/h4-9,11-13,15,29H,2-3,10,14H2,1H3/b17-11+. The van der Waals surface area contributed by atoms with Gasteiger partial charge >= 0.3 is 0 Å². The van der Waals surface area contributed by atoms with Crippen molar-refractivity contribution in [2.45, 2.75) is 18.6 Å². The van der Waals surface area contributed by atoms with Crippen LogP contribution in [-0.4, -0.2) is 41.1 Å². The van der Waals surface area contributed by atoms with Crippen molar-refractivity contribution in [1.82, 2.24) is 9.88 Å². The third kappa shape index (κ3) is 3.45. The molecule has 1 aromatic heterocycles. The zero-order valence-corrected chi connectivity index (χ0v) is 18.3. The van der Waals surface area contributed by atoms with Crippen molar-refractivity contribution in [1.29, 1.82) is 0 Å². The lowest BCUT2D eigenvalue weighted by Crippen LogP contribution is -2.51. The highest BCUT2D eigenvalue weighted by atomic mass is 32.1. The van der Waals surface area contributed by atoms with Crippen molar-refractivity contribution in [3.05, 3.63) is 76.7 Å². The third-order valence-electron chi connectivity index (χ3n) is 5.86. The molecule has 3 heterocycles. The molecule has 0 spiro atoms. The Labute approximate surface area is 189 Å². The van der Waals surface area contributed by atoms with Crippen LogP contribution in [0.4, 0.5) is 4.39 Å². The molecule has 8 heteroatoms. The number of thiazole rings is 1. The number of ether oxygens (including phenoxy) is 1. The van der Waals surface area contributed by atoms with Crippen molar-refractivity contribution < 1.29 is 19.1 Å². The van der Waals surface area contributed by atoms with E-state index >= 15 is 0 Å². The van der Waals surface area contributed by atoms with E-state index in [1.54, 1.807) is 36.1 Å². The summed E-state index contributed by atoms with van der Waals surface area (Å²) in [4.78, 5) is 13.0. The number of aliphatic hydroxyl groups excluding tert-OH is 1. The molecule has 2 aliphatic rings. The summed E-state index contributed by atoms with van der Waals surface area (Å²) in [5, 5.41) is 14.6. The van der Waals surface area contributed by atoms with E-state index in [9.17, 15) is 9.50 Å². The van der Waals surface area contributed by atoms with E-state index < -0.39 is 5.72 Å². The largest absolute Gasteiger partial charge is 0.496 e. The first-order chi connectivity index (χ1) is 15.6. The molecule has 0 amide bonds. The van der Waals surface area contributed by atoms with Crippen LogP contribution in [0.2, 0.25) is 0 Å². The maximum absolute atomic E-state index is 13.5. The summed E-state index contributed by atoms with van der Waals surface area (Å²) in [6.45, 7) is 0.387. The van der Waals surface area contributed by atoms with Gasteiger partial charge in [-0.05, 0) is 66.5 Å². The predicted molar refractivity (Wildman–Crippen MR) is 122 cm³/mol. The first-order valence-corrected chi connectivity index (χ1v) is 11.2. The molecule has 2 aliphatic heterocycles.